The fraction of sp³-hybridized carbons (Fsp3) is 0.200. The fourth-order valence-electron chi connectivity index (χ4n) is 3.60. The van der Waals surface area contributed by atoms with E-state index in [9.17, 15) is 0 Å². The van der Waals surface area contributed by atoms with E-state index in [0.717, 1.165) is 35.9 Å². The van der Waals surface area contributed by atoms with Gasteiger partial charge < -0.3 is 15.6 Å². The fourth-order valence-corrected chi connectivity index (χ4v) is 3.60. The molecule has 6 nitrogen and oxygen atoms in total. The largest absolute Gasteiger partial charge is 0.350 e. The van der Waals surface area contributed by atoms with Gasteiger partial charge in [0.1, 0.15) is 5.82 Å². The number of hydrogen-bond donors (Lipinski definition) is 3. The monoisotopic (exact) mass is 344 g/mol. The molecule has 0 radical (unpaired) electrons. The highest BCUT2D eigenvalue weighted by molar-refractivity contribution is 5.73. The molecule has 1 aromatic heterocycles. The number of hydrogen-bond acceptors (Lipinski definition) is 6. The number of nitrogens with zero attached hydrogens (tertiary/aromatic N) is 3. The lowest BCUT2D eigenvalue weighted by Gasteiger charge is -2.32. The summed E-state index contributed by atoms with van der Waals surface area (Å²) in [6.45, 7) is 1.62. The van der Waals surface area contributed by atoms with Crippen LogP contribution in [0.25, 0.3) is 0 Å². The number of aromatic nitrogens is 2. The van der Waals surface area contributed by atoms with Gasteiger partial charge in [0, 0.05) is 18.8 Å². The number of nitrogens with one attached hydrogen (secondary N) is 3. The first-order chi connectivity index (χ1) is 12.9. The van der Waals surface area contributed by atoms with E-state index in [0.29, 0.717) is 12.5 Å². The van der Waals surface area contributed by atoms with Crippen molar-refractivity contribution in [2.45, 2.75) is 19.0 Å². The summed E-state index contributed by atoms with van der Waals surface area (Å²) < 4.78 is 0. The number of anilines is 4. The summed E-state index contributed by atoms with van der Waals surface area (Å²) in [5.74, 6) is 2.49. The molecule has 0 aliphatic carbocycles. The molecule has 6 heteroatoms. The summed E-state index contributed by atoms with van der Waals surface area (Å²) in [6, 6.07) is 21.0. The summed E-state index contributed by atoms with van der Waals surface area (Å²) in [5.41, 5.74) is 10.1. The second-order valence-corrected chi connectivity index (χ2v) is 6.57. The molecular weight excluding hydrogens is 324 g/mol. The average molecular weight is 344 g/mol. The molecular formula is C20H20N6. The topological polar surface area (TPSA) is 65.1 Å². The molecule has 2 aromatic carbocycles. The van der Waals surface area contributed by atoms with E-state index in [1.54, 1.807) is 0 Å². The number of hydrazine groups is 1. The van der Waals surface area contributed by atoms with Gasteiger partial charge in [0.2, 0.25) is 5.95 Å². The third-order valence-corrected chi connectivity index (χ3v) is 4.90. The Labute approximate surface area is 152 Å². The summed E-state index contributed by atoms with van der Waals surface area (Å²) in [4.78, 5) is 11.8. The Bertz CT molecular complexity index is 912. The van der Waals surface area contributed by atoms with E-state index in [2.05, 4.69) is 62.5 Å². The van der Waals surface area contributed by atoms with Gasteiger partial charge in [-0.2, -0.15) is 9.97 Å². The minimum absolute atomic E-state index is 0.267. The SMILES string of the molecule is c1ccc(CNc2nc3c4c(n2)N(c2ccccc2)CCC4NN3)cc1. The Balaban J connectivity index is 1.50. The maximum Gasteiger partial charge on any atom is 0.226 e. The van der Waals surface area contributed by atoms with Crippen molar-refractivity contribution in [3.8, 4) is 0 Å². The second-order valence-electron chi connectivity index (χ2n) is 6.57. The highest BCUT2D eigenvalue weighted by Crippen LogP contribution is 2.43. The first-order valence-electron chi connectivity index (χ1n) is 8.92. The first-order valence-corrected chi connectivity index (χ1v) is 8.92. The zero-order chi connectivity index (χ0) is 17.3. The molecule has 2 aliphatic heterocycles. The molecule has 0 saturated heterocycles. The minimum atomic E-state index is 0.267. The van der Waals surface area contributed by atoms with Crippen LogP contribution in [0.5, 0.6) is 0 Å². The average Bonchev–Trinajstić information content (AvgIpc) is 3.12. The molecule has 130 valence electrons. The maximum absolute atomic E-state index is 4.86. The third kappa shape index (κ3) is 2.64. The van der Waals surface area contributed by atoms with Crippen LogP contribution in [0.15, 0.2) is 60.7 Å². The molecule has 3 aromatic rings. The Morgan fingerprint density at radius 1 is 1.00 bits per heavy atom. The predicted molar refractivity (Wildman–Crippen MR) is 103 cm³/mol. The highest BCUT2D eigenvalue weighted by atomic mass is 15.4. The van der Waals surface area contributed by atoms with Crippen LogP contribution < -0.4 is 21.1 Å². The Morgan fingerprint density at radius 2 is 1.77 bits per heavy atom. The van der Waals surface area contributed by atoms with Crippen LogP contribution in [-0.2, 0) is 6.54 Å². The lowest BCUT2D eigenvalue weighted by Crippen LogP contribution is -2.31. The first kappa shape index (κ1) is 15.2. The van der Waals surface area contributed by atoms with Crippen molar-refractivity contribution in [1.29, 1.82) is 0 Å². The van der Waals surface area contributed by atoms with Gasteiger partial charge in [-0.3, -0.25) is 0 Å². The van der Waals surface area contributed by atoms with Gasteiger partial charge in [0.25, 0.3) is 0 Å². The van der Waals surface area contributed by atoms with Crippen LogP contribution in [0.4, 0.5) is 23.3 Å². The normalized spacial score (nSPS) is 17.5. The van der Waals surface area contributed by atoms with Crippen molar-refractivity contribution in [2.24, 2.45) is 0 Å². The highest BCUT2D eigenvalue weighted by Gasteiger charge is 2.35. The van der Waals surface area contributed by atoms with Gasteiger partial charge >= 0.3 is 0 Å². The summed E-state index contributed by atoms with van der Waals surface area (Å²) >= 11 is 0. The molecule has 1 unspecified atom stereocenters. The predicted octanol–water partition coefficient (Wildman–Crippen LogP) is 3.60. The molecule has 5 rings (SSSR count). The molecule has 26 heavy (non-hydrogen) atoms. The van der Waals surface area contributed by atoms with Gasteiger partial charge in [0.05, 0.1) is 11.6 Å². The zero-order valence-corrected chi connectivity index (χ0v) is 14.3. The molecule has 0 spiro atoms. The van der Waals surface area contributed by atoms with Gasteiger partial charge in [-0.05, 0) is 24.1 Å². The van der Waals surface area contributed by atoms with Crippen LogP contribution in [0.1, 0.15) is 23.6 Å². The van der Waals surface area contributed by atoms with Crippen molar-refractivity contribution in [1.82, 2.24) is 15.4 Å². The molecule has 0 amide bonds. The van der Waals surface area contributed by atoms with Crippen LogP contribution in [0.3, 0.4) is 0 Å². The smallest absolute Gasteiger partial charge is 0.226 e. The minimum Gasteiger partial charge on any atom is -0.350 e. The van der Waals surface area contributed by atoms with Gasteiger partial charge in [-0.25, -0.2) is 5.43 Å². The van der Waals surface area contributed by atoms with E-state index in [1.165, 1.54) is 5.56 Å². The van der Waals surface area contributed by atoms with Crippen LogP contribution >= 0.6 is 0 Å². The lowest BCUT2D eigenvalue weighted by molar-refractivity contribution is 0.556. The standard InChI is InChI=1S/C20H20N6/c1-3-7-14(8-4-1)13-21-20-22-18-17-16(24-25-18)11-12-26(19(17)23-20)15-9-5-2-6-10-15/h1-10,16,24H,11-13H2,(H2,21,22,23,25). The van der Waals surface area contributed by atoms with E-state index >= 15 is 0 Å². The maximum atomic E-state index is 4.86. The lowest BCUT2D eigenvalue weighted by atomic mass is 10.0. The second kappa shape index (κ2) is 6.31. The van der Waals surface area contributed by atoms with Crippen molar-refractivity contribution in [3.63, 3.8) is 0 Å². The molecule has 0 saturated carbocycles. The number of para-hydroxylation sites is 1. The van der Waals surface area contributed by atoms with E-state index in [-0.39, 0.29) is 6.04 Å². The quantitative estimate of drug-likeness (QED) is 0.672. The van der Waals surface area contributed by atoms with Crippen LogP contribution in [0, 0.1) is 0 Å². The molecule has 2 aliphatic rings. The van der Waals surface area contributed by atoms with Crippen LogP contribution in [0.2, 0.25) is 0 Å². The van der Waals surface area contributed by atoms with Gasteiger partial charge in [-0.1, -0.05) is 48.5 Å². The zero-order valence-electron chi connectivity index (χ0n) is 14.3. The van der Waals surface area contributed by atoms with E-state index in [4.69, 9.17) is 4.98 Å². The van der Waals surface area contributed by atoms with Crippen molar-refractivity contribution >= 4 is 23.3 Å². The van der Waals surface area contributed by atoms with E-state index in [1.807, 2.05) is 24.3 Å². The molecule has 3 N–H and O–H groups in total. The Kier molecular flexibility index (Phi) is 3.68. The van der Waals surface area contributed by atoms with Crippen LogP contribution in [-0.4, -0.2) is 16.5 Å². The molecule has 3 heterocycles. The van der Waals surface area contributed by atoms with Gasteiger partial charge in [-0.15, -0.1) is 0 Å². The van der Waals surface area contributed by atoms with Crippen molar-refractivity contribution < 1.29 is 0 Å². The third-order valence-electron chi connectivity index (χ3n) is 4.90. The van der Waals surface area contributed by atoms with Crippen molar-refractivity contribution in [3.05, 3.63) is 71.8 Å². The summed E-state index contributed by atoms with van der Waals surface area (Å²) in [7, 11) is 0. The Morgan fingerprint density at radius 3 is 2.58 bits per heavy atom. The van der Waals surface area contributed by atoms with E-state index < -0.39 is 0 Å². The molecule has 0 bridgehead atoms. The summed E-state index contributed by atoms with van der Waals surface area (Å²) in [6.07, 6.45) is 1.02. The number of rotatable bonds is 4. The number of benzene rings is 2. The van der Waals surface area contributed by atoms with Crippen molar-refractivity contribution in [2.75, 3.05) is 22.2 Å². The summed E-state index contributed by atoms with van der Waals surface area (Å²) in [5, 5.41) is 3.36. The molecule has 1 atom stereocenters. The van der Waals surface area contributed by atoms with Gasteiger partial charge in [0.15, 0.2) is 5.82 Å². The Hall–Kier alpha value is -3.12. The molecule has 0 fully saturated rings.